The molecule has 0 amide bonds. The van der Waals surface area contributed by atoms with E-state index in [4.69, 9.17) is 27.9 Å². The largest absolute Gasteiger partial charge is 0.378 e. The van der Waals surface area contributed by atoms with Crippen molar-refractivity contribution in [2.75, 3.05) is 7.11 Å². The molecule has 0 radical (unpaired) electrons. The van der Waals surface area contributed by atoms with Gasteiger partial charge in [-0.3, -0.25) is 4.79 Å². The van der Waals surface area contributed by atoms with Crippen LogP contribution in [0, 0.1) is 0 Å². The molecule has 0 N–H and O–H groups in total. The van der Waals surface area contributed by atoms with Gasteiger partial charge in [-0.15, -0.1) is 0 Å². The summed E-state index contributed by atoms with van der Waals surface area (Å²) in [5.74, 6) is -0.0700. The van der Waals surface area contributed by atoms with Crippen molar-refractivity contribution in [1.29, 1.82) is 0 Å². The Bertz CT molecular complexity index is 400. The standard InChI is InChI=1S/C12H14Cl2O2/c1-12(2,16-3)7-10(15)8-5-4-6-9(13)11(8)14/h4-6H,7H2,1-3H3. The highest BCUT2D eigenvalue weighted by molar-refractivity contribution is 6.43. The second-order valence-electron chi connectivity index (χ2n) is 4.17. The van der Waals surface area contributed by atoms with Crippen LogP contribution in [0.4, 0.5) is 0 Å². The molecule has 0 unspecified atom stereocenters. The molecule has 1 aromatic rings. The number of rotatable bonds is 4. The number of halogens is 2. The number of carbonyl (C=O) groups excluding carboxylic acids is 1. The van der Waals surface area contributed by atoms with Crippen LogP contribution in [0.2, 0.25) is 10.0 Å². The van der Waals surface area contributed by atoms with Crippen LogP contribution in [-0.2, 0) is 4.74 Å². The fraction of sp³-hybridized carbons (Fsp3) is 0.417. The van der Waals surface area contributed by atoms with Crippen LogP contribution in [0.5, 0.6) is 0 Å². The van der Waals surface area contributed by atoms with Crippen molar-refractivity contribution in [3.05, 3.63) is 33.8 Å². The second-order valence-corrected chi connectivity index (χ2v) is 4.95. The van der Waals surface area contributed by atoms with E-state index in [0.29, 0.717) is 15.6 Å². The van der Waals surface area contributed by atoms with Gasteiger partial charge in [0.05, 0.1) is 15.6 Å². The van der Waals surface area contributed by atoms with Crippen molar-refractivity contribution in [2.24, 2.45) is 0 Å². The number of methoxy groups -OCH3 is 1. The van der Waals surface area contributed by atoms with Crippen molar-refractivity contribution in [3.8, 4) is 0 Å². The first-order valence-electron chi connectivity index (χ1n) is 4.90. The number of Topliss-reactive ketones (excluding diaryl/α,β-unsaturated/α-hetero) is 1. The van der Waals surface area contributed by atoms with E-state index in [1.54, 1.807) is 25.3 Å². The topological polar surface area (TPSA) is 26.3 Å². The van der Waals surface area contributed by atoms with Gasteiger partial charge < -0.3 is 4.74 Å². The van der Waals surface area contributed by atoms with Crippen LogP contribution in [-0.4, -0.2) is 18.5 Å². The lowest BCUT2D eigenvalue weighted by Crippen LogP contribution is -2.26. The molecular formula is C12H14Cl2O2. The van der Waals surface area contributed by atoms with Gasteiger partial charge in [0.2, 0.25) is 0 Å². The minimum Gasteiger partial charge on any atom is -0.378 e. The van der Waals surface area contributed by atoms with Crippen LogP contribution >= 0.6 is 23.2 Å². The summed E-state index contributed by atoms with van der Waals surface area (Å²) >= 11 is 11.8. The molecular weight excluding hydrogens is 247 g/mol. The van der Waals surface area contributed by atoms with Crippen molar-refractivity contribution in [2.45, 2.75) is 25.9 Å². The average molecular weight is 261 g/mol. The molecule has 0 saturated carbocycles. The summed E-state index contributed by atoms with van der Waals surface area (Å²) in [5, 5.41) is 0.698. The van der Waals surface area contributed by atoms with Crippen LogP contribution in [0.15, 0.2) is 18.2 Å². The van der Waals surface area contributed by atoms with Gasteiger partial charge in [-0.05, 0) is 26.0 Å². The molecule has 0 aliphatic rings. The van der Waals surface area contributed by atoms with E-state index < -0.39 is 5.60 Å². The Hall–Kier alpha value is -0.570. The number of carbonyl (C=O) groups is 1. The lowest BCUT2D eigenvalue weighted by Gasteiger charge is -2.22. The molecule has 0 bridgehead atoms. The smallest absolute Gasteiger partial charge is 0.167 e. The van der Waals surface area contributed by atoms with Crippen LogP contribution in [0.25, 0.3) is 0 Å². The van der Waals surface area contributed by atoms with Crippen molar-refractivity contribution in [3.63, 3.8) is 0 Å². The van der Waals surface area contributed by atoms with Crippen LogP contribution in [0.1, 0.15) is 30.6 Å². The molecule has 0 spiro atoms. The fourth-order valence-corrected chi connectivity index (χ4v) is 1.68. The molecule has 1 rings (SSSR count). The van der Waals surface area contributed by atoms with E-state index >= 15 is 0 Å². The summed E-state index contributed by atoms with van der Waals surface area (Å²) < 4.78 is 5.20. The van der Waals surface area contributed by atoms with Crippen molar-refractivity contribution < 1.29 is 9.53 Å². The van der Waals surface area contributed by atoms with E-state index in [2.05, 4.69) is 0 Å². The van der Waals surface area contributed by atoms with Crippen molar-refractivity contribution in [1.82, 2.24) is 0 Å². The van der Waals surface area contributed by atoms with Gasteiger partial charge in [-0.25, -0.2) is 0 Å². The van der Waals surface area contributed by atoms with E-state index in [1.807, 2.05) is 13.8 Å². The van der Waals surface area contributed by atoms with Gasteiger partial charge in [0.25, 0.3) is 0 Å². The number of hydrogen-bond acceptors (Lipinski definition) is 2. The Kier molecular flexibility index (Phi) is 4.36. The zero-order valence-electron chi connectivity index (χ0n) is 9.51. The summed E-state index contributed by atoms with van der Waals surface area (Å²) in [4.78, 5) is 12.0. The summed E-state index contributed by atoms with van der Waals surface area (Å²) in [6, 6.07) is 5.03. The molecule has 0 atom stereocenters. The van der Waals surface area contributed by atoms with Gasteiger partial charge in [0.1, 0.15) is 0 Å². The Labute approximate surface area is 106 Å². The molecule has 0 aliphatic heterocycles. The molecule has 0 aliphatic carbocycles. The summed E-state index contributed by atoms with van der Waals surface area (Å²) in [6.07, 6.45) is 0.267. The van der Waals surface area contributed by atoms with E-state index in [-0.39, 0.29) is 12.2 Å². The van der Waals surface area contributed by atoms with E-state index in [0.717, 1.165) is 0 Å². The Balaban J connectivity index is 2.94. The number of benzene rings is 1. The molecule has 1 aromatic carbocycles. The molecule has 0 aromatic heterocycles. The van der Waals surface area contributed by atoms with Gasteiger partial charge in [-0.1, -0.05) is 29.3 Å². The third kappa shape index (κ3) is 3.21. The average Bonchev–Trinajstić information content (AvgIpc) is 2.21. The van der Waals surface area contributed by atoms with Gasteiger partial charge in [0.15, 0.2) is 5.78 Å². The minimum absolute atomic E-state index is 0.0700. The third-order valence-corrected chi connectivity index (χ3v) is 3.21. The lowest BCUT2D eigenvalue weighted by molar-refractivity contribution is 0.0172. The second kappa shape index (κ2) is 5.17. The Morgan fingerprint density at radius 3 is 2.56 bits per heavy atom. The van der Waals surface area contributed by atoms with Crippen LogP contribution < -0.4 is 0 Å². The summed E-state index contributed by atoms with van der Waals surface area (Å²) in [5.41, 5.74) is -0.0535. The first kappa shape index (κ1) is 13.5. The quantitative estimate of drug-likeness (QED) is 0.766. The molecule has 88 valence electrons. The molecule has 2 nitrogen and oxygen atoms in total. The molecule has 16 heavy (non-hydrogen) atoms. The summed E-state index contributed by atoms with van der Waals surface area (Å²) in [6.45, 7) is 3.70. The third-order valence-electron chi connectivity index (χ3n) is 2.39. The number of hydrogen-bond donors (Lipinski definition) is 0. The lowest BCUT2D eigenvalue weighted by atomic mass is 9.97. The molecule has 0 fully saturated rings. The monoisotopic (exact) mass is 260 g/mol. The predicted molar refractivity (Wildman–Crippen MR) is 66.5 cm³/mol. The maximum absolute atomic E-state index is 12.0. The number of ether oxygens (including phenoxy) is 1. The Morgan fingerprint density at radius 1 is 1.38 bits per heavy atom. The first-order chi connectivity index (χ1) is 7.37. The highest BCUT2D eigenvalue weighted by atomic mass is 35.5. The number of ketones is 1. The highest BCUT2D eigenvalue weighted by Crippen LogP contribution is 2.28. The normalized spacial score (nSPS) is 11.6. The maximum Gasteiger partial charge on any atom is 0.167 e. The maximum atomic E-state index is 12.0. The van der Waals surface area contributed by atoms with Crippen molar-refractivity contribution >= 4 is 29.0 Å². The SMILES string of the molecule is COC(C)(C)CC(=O)c1cccc(Cl)c1Cl. The molecule has 4 heteroatoms. The van der Waals surface area contributed by atoms with Gasteiger partial charge >= 0.3 is 0 Å². The van der Waals surface area contributed by atoms with E-state index in [1.165, 1.54) is 0 Å². The zero-order chi connectivity index (χ0) is 12.3. The van der Waals surface area contributed by atoms with Gasteiger partial charge in [0, 0.05) is 19.1 Å². The van der Waals surface area contributed by atoms with E-state index in [9.17, 15) is 4.79 Å². The fourth-order valence-electron chi connectivity index (χ4n) is 1.27. The molecule has 0 saturated heterocycles. The predicted octanol–water partition coefficient (Wildman–Crippen LogP) is 3.99. The summed E-state index contributed by atoms with van der Waals surface area (Å²) in [7, 11) is 1.58. The Morgan fingerprint density at radius 2 is 2.00 bits per heavy atom. The zero-order valence-corrected chi connectivity index (χ0v) is 11.0. The van der Waals surface area contributed by atoms with Crippen LogP contribution in [0.3, 0.4) is 0 Å². The first-order valence-corrected chi connectivity index (χ1v) is 5.65. The minimum atomic E-state index is -0.497. The highest BCUT2D eigenvalue weighted by Gasteiger charge is 2.23. The molecule has 0 heterocycles. The van der Waals surface area contributed by atoms with Gasteiger partial charge in [-0.2, -0.15) is 0 Å².